The van der Waals surface area contributed by atoms with Crippen LogP contribution in [0.1, 0.15) is 46.0 Å². The SMILES string of the molecule is CC(=O)NC(C)(CC1CC2CCC1C2)C(F)(F)F. The van der Waals surface area contributed by atoms with Crippen LogP contribution < -0.4 is 5.32 Å². The van der Waals surface area contributed by atoms with E-state index in [0.717, 1.165) is 33.1 Å². The zero-order valence-electron chi connectivity index (χ0n) is 10.8. The molecule has 2 rings (SSSR count). The fraction of sp³-hybridized carbons (Fsp3) is 0.923. The van der Waals surface area contributed by atoms with Gasteiger partial charge in [0.05, 0.1) is 0 Å². The highest BCUT2D eigenvalue weighted by molar-refractivity contribution is 5.73. The van der Waals surface area contributed by atoms with E-state index in [1.807, 2.05) is 0 Å². The first-order chi connectivity index (χ1) is 8.21. The lowest BCUT2D eigenvalue weighted by molar-refractivity contribution is -0.199. The van der Waals surface area contributed by atoms with Crippen molar-refractivity contribution in [2.24, 2.45) is 17.8 Å². The predicted molar refractivity (Wildman–Crippen MR) is 61.8 cm³/mol. The van der Waals surface area contributed by atoms with E-state index in [2.05, 4.69) is 5.32 Å². The molecule has 104 valence electrons. The lowest BCUT2D eigenvalue weighted by Crippen LogP contribution is -2.57. The summed E-state index contributed by atoms with van der Waals surface area (Å²) in [6, 6.07) is 0. The summed E-state index contributed by atoms with van der Waals surface area (Å²) in [5.74, 6) is 0.556. The van der Waals surface area contributed by atoms with Crippen LogP contribution in [0.3, 0.4) is 0 Å². The fourth-order valence-corrected chi connectivity index (χ4v) is 3.78. The maximum atomic E-state index is 13.1. The molecule has 2 fully saturated rings. The lowest BCUT2D eigenvalue weighted by atomic mass is 9.79. The number of alkyl halides is 3. The summed E-state index contributed by atoms with van der Waals surface area (Å²) >= 11 is 0. The van der Waals surface area contributed by atoms with Crippen molar-refractivity contribution in [1.82, 2.24) is 5.32 Å². The van der Waals surface area contributed by atoms with Gasteiger partial charge in [-0.1, -0.05) is 6.42 Å². The zero-order valence-corrected chi connectivity index (χ0v) is 10.8. The van der Waals surface area contributed by atoms with Crippen molar-refractivity contribution in [3.05, 3.63) is 0 Å². The van der Waals surface area contributed by atoms with Crippen LogP contribution in [0.4, 0.5) is 13.2 Å². The summed E-state index contributed by atoms with van der Waals surface area (Å²) in [7, 11) is 0. The maximum Gasteiger partial charge on any atom is 0.411 e. The number of fused-ring (bicyclic) bond motifs is 2. The molecule has 18 heavy (non-hydrogen) atoms. The second-order valence-corrected chi connectivity index (χ2v) is 6.15. The summed E-state index contributed by atoms with van der Waals surface area (Å²) in [6.45, 7) is 2.26. The van der Waals surface area contributed by atoms with Gasteiger partial charge in [-0.05, 0) is 50.4 Å². The quantitative estimate of drug-likeness (QED) is 0.832. The second kappa shape index (κ2) is 4.42. The van der Waals surface area contributed by atoms with Crippen molar-refractivity contribution >= 4 is 5.91 Å². The van der Waals surface area contributed by atoms with Gasteiger partial charge in [0.1, 0.15) is 5.54 Å². The van der Waals surface area contributed by atoms with E-state index in [-0.39, 0.29) is 12.3 Å². The maximum absolute atomic E-state index is 13.1. The Labute approximate surface area is 105 Å². The van der Waals surface area contributed by atoms with Crippen LogP contribution in [-0.2, 0) is 4.79 Å². The summed E-state index contributed by atoms with van der Waals surface area (Å²) in [5, 5.41) is 2.12. The van der Waals surface area contributed by atoms with E-state index in [4.69, 9.17) is 0 Å². The lowest BCUT2D eigenvalue weighted by Gasteiger charge is -2.37. The molecule has 0 heterocycles. The van der Waals surface area contributed by atoms with Crippen LogP contribution in [0, 0.1) is 17.8 Å². The average Bonchev–Trinajstić information content (AvgIpc) is 2.75. The van der Waals surface area contributed by atoms with Crippen LogP contribution in [-0.4, -0.2) is 17.6 Å². The summed E-state index contributed by atoms with van der Waals surface area (Å²) in [6.07, 6.45) is -0.153. The van der Waals surface area contributed by atoms with Gasteiger partial charge in [-0.2, -0.15) is 13.2 Å². The van der Waals surface area contributed by atoms with Crippen molar-refractivity contribution in [3.8, 4) is 0 Å². The van der Waals surface area contributed by atoms with Gasteiger partial charge in [-0.3, -0.25) is 4.79 Å². The van der Waals surface area contributed by atoms with E-state index in [9.17, 15) is 18.0 Å². The molecule has 4 unspecified atom stereocenters. The van der Waals surface area contributed by atoms with Crippen LogP contribution in [0.25, 0.3) is 0 Å². The van der Waals surface area contributed by atoms with Crippen molar-refractivity contribution in [2.75, 3.05) is 0 Å². The van der Waals surface area contributed by atoms with Crippen LogP contribution in [0.5, 0.6) is 0 Å². The van der Waals surface area contributed by atoms with E-state index in [0.29, 0.717) is 11.8 Å². The number of carbonyl (C=O) groups is 1. The van der Waals surface area contributed by atoms with Gasteiger partial charge in [-0.15, -0.1) is 0 Å². The number of amides is 1. The average molecular weight is 263 g/mol. The standard InChI is InChI=1S/C13H20F3NO/c1-8(18)17-12(2,13(14,15)16)7-11-6-9-3-4-10(11)5-9/h9-11H,3-7H2,1-2H3,(H,17,18). The molecule has 4 atom stereocenters. The van der Waals surface area contributed by atoms with Crippen LogP contribution in [0.2, 0.25) is 0 Å². The van der Waals surface area contributed by atoms with Crippen LogP contribution >= 0.6 is 0 Å². The minimum absolute atomic E-state index is 0.0250. The molecule has 2 nitrogen and oxygen atoms in total. The van der Waals surface area contributed by atoms with Crippen molar-refractivity contribution < 1.29 is 18.0 Å². The fourth-order valence-electron chi connectivity index (χ4n) is 3.78. The van der Waals surface area contributed by atoms with Crippen molar-refractivity contribution in [3.63, 3.8) is 0 Å². The van der Waals surface area contributed by atoms with Gasteiger partial charge in [0, 0.05) is 6.92 Å². The molecular weight excluding hydrogens is 243 g/mol. The molecular formula is C13H20F3NO. The molecule has 0 spiro atoms. The highest BCUT2D eigenvalue weighted by Crippen LogP contribution is 2.52. The minimum atomic E-state index is -4.39. The van der Waals surface area contributed by atoms with Gasteiger partial charge >= 0.3 is 6.18 Å². The first-order valence-corrected chi connectivity index (χ1v) is 6.57. The molecule has 0 aromatic carbocycles. The molecule has 0 radical (unpaired) electrons. The number of carbonyl (C=O) groups excluding carboxylic acids is 1. The third kappa shape index (κ3) is 2.50. The molecule has 5 heteroatoms. The monoisotopic (exact) mass is 263 g/mol. The van der Waals surface area contributed by atoms with E-state index in [1.165, 1.54) is 6.42 Å². The molecule has 2 aliphatic carbocycles. The Hall–Kier alpha value is -0.740. The third-order valence-corrected chi connectivity index (χ3v) is 4.63. The Kier molecular flexibility index (Phi) is 3.36. The van der Waals surface area contributed by atoms with Crippen LogP contribution in [0.15, 0.2) is 0 Å². The van der Waals surface area contributed by atoms with E-state index >= 15 is 0 Å². The molecule has 0 saturated heterocycles. The molecule has 0 aliphatic heterocycles. The molecule has 1 amide bonds. The summed E-state index contributed by atoms with van der Waals surface area (Å²) in [5.41, 5.74) is -2.08. The smallest absolute Gasteiger partial charge is 0.342 e. The zero-order chi connectivity index (χ0) is 13.6. The molecule has 2 aliphatic rings. The Morgan fingerprint density at radius 2 is 1.94 bits per heavy atom. The third-order valence-electron chi connectivity index (χ3n) is 4.63. The Morgan fingerprint density at radius 1 is 1.28 bits per heavy atom. The van der Waals surface area contributed by atoms with Gasteiger partial charge < -0.3 is 5.32 Å². The topological polar surface area (TPSA) is 29.1 Å². The molecule has 0 aromatic heterocycles. The molecule has 2 saturated carbocycles. The van der Waals surface area contributed by atoms with Gasteiger partial charge in [0.25, 0.3) is 0 Å². The molecule has 1 N–H and O–H groups in total. The van der Waals surface area contributed by atoms with Crippen molar-refractivity contribution in [1.29, 1.82) is 0 Å². The predicted octanol–water partition coefficient (Wildman–Crippen LogP) is 3.27. The first-order valence-electron chi connectivity index (χ1n) is 6.57. The second-order valence-electron chi connectivity index (χ2n) is 6.15. The highest BCUT2D eigenvalue weighted by Gasteiger charge is 2.54. The first kappa shape index (κ1) is 13.7. The highest BCUT2D eigenvalue weighted by atomic mass is 19.4. The summed E-state index contributed by atoms with van der Waals surface area (Å²) < 4.78 is 39.4. The molecule has 2 bridgehead atoms. The summed E-state index contributed by atoms with van der Waals surface area (Å²) in [4.78, 5) is 11.0. The number of halogens is 3. The van der Waals surface area contributed by atoms with E-state index < -0.39 is 17.6 Å². The normalized spacial score (nSPS) is 34.4. The number of hydrogen-bond donors (Lipinski definition) is 1. The van der Waals surface area contributed by atoms with Gasteiger partial charge in [0.15, 0.2) is 0 Å². The molecule has 0 aromatic rings. The van der Waals surface area contributed by atoms with Gasteiger partial charge in [0.2, 0.25) is 5.91 Å². The van der Waals surface area contributed by atoms with Gasteiger partial charge in [-0.25, -0.2) is 0 Å². The Morgan fingerprint density at radius 3 is 2.33 bits per heavy atom. The number of hydrogen-bond acceptors (Lipinski definition) is 1. The van der Waals surface area contributed by atoms with E-state index in [1.54, 1.807) is 0 Å². The largest absolute Gasteiger partial charge is 0.411 e. The Bertz CT molecular complexity index is 342. The number of nitrogens with one attached hydrogen (secondary N) is 1. The minimum Gasteiger partial charge on any atom is -0.342 e. The Balaban J connectivity index is 2.08. The number of rotatable bonds is 3. The van der Waals surface area contributed by atoms with Crippen molar-refractivity contribution in [2.45, 2.75) is 57.7 Å².